The minimum Gasteiger partial charge on any atom is -0.356 e. The lowest BCUT2D eigenvalue weighted by atomic mass is 9.85. The van der Waals surface area contributed by atoms with Crippen molar-refractivity contribution in [1.82, 2.24) is 16.0 Å². The van der Waals surface area contributed by atoms with Crippen molar-refractivity contribution in [3.8, 4) is 0 Å². The zero-order chi connectivity index (χ0) is 17.4. The van der Waals surface area contributed by atoms with E-state index in [1.807, 2.05) is 6.07 Å². The Morgan fingerprint density at radius 1 is 1.21 bits per heavy atom. The lowest BCUT2D eigenvalue weighted by Crippen LogP contribution is -2.43. The molecular weight excluding hydrogens is 300 g/mol. The monoisotopic (exact) mass is 330 g/mol. The van der Waals surface area contributed by atoms with Crippen molar-refractivity contribution in [2.45, 2.75) is 51.0 Å². The summed E-state index contributed by atoms with van der Waals surface area (Å²) in [6, 6.07) is 10.9. The van der Waals surface area contributed by atoms with Crippen molar-refractivity contribution in [2.75, 3.05) is 20.1 Å². The number of rotatable bonds is 8. The second-order valence-corrected chi connectivity index (χ2v) is 7.05. The molecule has 0 aromatic heterocycles. The number of nitrogens with one attached hydrogen (secondary N) is 3. The van der Waals surface area contributed by atoms with Gasteiger partial charge in [-0.05, 0) is 24.8 Å². The fourth-order valence-electron chi connectivity index (χ4n) is 2.50. The van der Waals surface area contributed by atoms with Gasteiger partial charge in [0.25, 0.3) is 0 Å². The molecule has 5 nitrogen and oxygen atoms in total. The Bertz CT molecular complexity index is 550. The first-order chi connectivity index (χ1) is 11.5. The number of guanidine groups is 1. The summed E-state index contributed by atoms with van der Waals surface area (Å²) in [6.45, 7) is 5.96. The van der Waals surface area contributed by atoms with E-state index in [9.17, 15) is 4.79 Å². The predicted molar refractivity (Wildman–Crippen MR) is 99.2 cm³/mol. The lowest BCUT2D eigenvalue weighted by Gasteiger charge is -2.26. The van der Waals surface area contributed by atoms with Gasteiger partial charge in [-0.25, -0.2) is 0 Å². The molecule has 0 spiro atoms. The van der Waals surface area contributed by atoms with Crippen LogP contribution in [0.2, 0.25) is 0 Å². The highest BCUT2D eigenvalue weighted by atomic mass is 16.1. The first-order valence-corrected chi connectivity index (χ1v) is 8.81. The van der Waals surface area contributed by atoms with Crippen LogP contribution in [-0.2, 0) is 10.2 Å². The third-order valence-electron chi connectivity index (χ3n) is 4.29. The van der Waals surface area contributed by atoms with E-state index in [2.05, 4.69) is 59.1 Å². The molecule has 132 valence electrons. The standard InChI is InChI=1S/C19H30N4O/c1-19(2,15-8-5-4-6-9-15)14-22-18(20-3)21-13-7-10-17(24)23-16-11-12-16/h4-6,8-9,16H,7,10-14H2,1-3H3,(H,23,24)(H2,20,21,22). The van der Waals surface area contributed by atoms with E-state index in [4.69, 9.17) is 0 Å². The molecule has 1 aromatic rings. The normalized spacial score (nSPS) is 15.0. The molecule has 1 aliphatic rings. The molecule has 1 aliphatic carbocycles. The van der Waals surface area contributed by atoms with E-state index < -0.39 is 0 Å². The molecule has 1 fully saturated rings. The van der Waals surface area contributed by atoms with Crippen LogP contribution in [0.3, 0.4) is 0 Å². The lowest BCUT2D eigenvalue weighted by molar-refractivity contribution is -0.121. The summed E-state index contributed by atoms with van der Waals surface area (Å²) < 4.78 is 0. The maximum Gasteiger partial charge on any atom is 0.220 e. The summed E-state index contributed by atoms with van der Waals surface area (Å²) in [6.07, 6.45) is 3.65. The molecule has 0 radical (unpaired) electrons. The molecule has 3 N–H and O–H groups in total. The topological polar surface area (TPSA) is 65.5 Å². The van der Waals surface area contributed by atoms with Crippen LogP contribution in [0.5, 0.6) is 0 Å². The number of carbonyl (C=O) groups is 1. The largest absolute Gasteiger partial charge is 0.356 e. The third kappa shape index (κ3) is 6.22. The van der Waals surface area contributed by atoms with Crippen molar-refractivity contribution in [3.05, 3.63) is 35.9 Å². The van der Waals surface area contributed by atoms with Gasteiger partial charge in [-0.1, -0.05) is 44.2 Å². The minimum atomic E-state index is 0.0169. The number of benzene rings is 1. The van der Waals surface area contributed by atoms with Crippen LogP contribution in [0.25, 0.3) is 0 Å². The second-order valence-electron chi connectivity index (χ2n) is 7.05. The van der Waals surface area contributed by atoms with Crippen molar-refractivity contribution < 1.29 is 4.79 Å². The van der Waals surface area contributed by atoms with Crippen LogP contribution in [0.1, 0.15) is 45.1 Å². The molecule has 2 rings (SSSR count). The third-order valence-corrected chi connectivity index (χ3v) is 4.29. The smallest absolute Gasteiger partial charge is 0.220 e. The van der Waals surface area contributed by atoms with Crippen LogP contribution < -0.4 is 16.0 Å². The molecule has 0 aliphatic heterocycles. The number of aliphatic imine (C=N–C) groups is 1. The maximum absolute atomic E-state index is 11.6. The molecular formula is C19H30N4O. The molecule has 24 heavy (non-hydrogen) atoms. The van der Waals surface area contributed by atoms with E-state index in [1.165, 1.54) is 5.56 Å². The molecule has 1 aromatic carbocycles. The predicted octanol–water partition coefficient (Wildman–Crippen LogP) is 2.19. The van der Waals surface area contributed by atoms with Crippen LogP contribution >= 0.6 is 0 Å². The van der Waals surface area contributed by atoms with Gasteiger partial charge in [0.2, 0.25) is 5.91 Å². The van der Waals surface area contributed by atoms with Crippen molar-refractivity contribution in [3.63, 3.8) is 0 Å². The Labute approximate surface area is 145 Å². The number of hydrogen-bond donors (Lipinski definition) is 3. The van der Waals surface area contributed by atoms with E-state index in [0.717, 1.165) is 38.3 Å². The van der Waals surface area contributed by atoms with E-state index in [1.54, 1.807) is 7.05 Å². The second kappa shape index (κ2) is 8.71. The van der Waals surface area contributed by atoms with E-state index >= 15 is 0 Å². The molecule has 1 amide bonds. The van der Waals surface area contributed by atoms with Crippen molar-refractivity contribution >= 4 is 11.9 Å². The van der Waals surface area contributed by atoms with E-state index in [-0.39, 0.29) is 11.3 Å². The number of hydrogen-bond acceptors (Lipinski definition) is 2. The van der Waals surface area contributed by atoms with E-state index in [0.29, 0.717) is 12.5 Å². The fourth-order valence-corrected chi connectivity index (χ4v) is 2.50. The summed E-state index contributed by atoms with van der Waals surface area (Å²) in [5.41, 5.74) is 1.31. The number of amides is 1. The highest BCUT2D eigenvalue weighted by Crippen LogP contribution is 2.21. The summed E-state index contributed by atoms with van der Waals surface area (Å²) in [7, 11) is 1.77. The highest BCUT2D eigenvalue weighted by molar-refractivity contribution is 5.80. The van der Waals surface area contributed by atoms with Gasteiger partial charge in [-0.15, -0.1) is 0 Å². The van der Waals surface area contributed by atoms with Crippen LogP contribution in [0, 0.1) is 0 Å². The van der Waals surface area contributed by atoms with Gasteiger partial charge in [-0.3, -0.25) is 9.79 Å². The Morgan fingerprint density at radius 2 is 1.92 bits per heavy atom. The summed E-state index contributed by atoms with van der Waals surface area (Å²) in [5.74, 6) is 0.939. The first-order valence-electron chi connectivity index (χ1n) is 8.81. The zero-order valence-electron chi connectivity index (χ0n) is 15.1. The van der Waals surface area contributed by atoms with Gasteiger partial charge in [0.1, 0.15) is 0 Å². The molecule has 1 saturated carbocycles. The highest BCUT2D eigenvalue weighted by Gasteiger charge is 2.23. The molecule has 5 heteroatoms. The zero-order valence-corrected chi connectivity index (χ0v) is 15.1. The van der Waals surface area contributed by atoms with Gasteiger partial charge in [-0.2, -0.15) is 0 Å². The molecule has 0 heterocycles. The van der Waals surface area contributed by atoms with Gasteiger partial charge in [0.05, 0.1) is 0 Å². The summed E-state index contributed by atoms with van der Waals surface area (Å²) in [5, 5.41) is 9.66. The van der Waals surface area contributed by atoms with Crippen molar-refractivity contribution in [2.24, 2.45) is 4.99 Å². The van der Waals surface area contributed by atoms with Crippen LogP contribution in [0.4, 0.5) is 0 Å². The Kier molecular flexibility index (Phi) is 6.64. The van der Waals surface area contributed by atoms with Crippen LogP contribution in [-0.4, -0.2) is 38.0 Å². The van der Waals surface area contributed by atoms with Gasteiger partial charge < -0.3 is 16.0 Å². The molecule has 0 saturated heterocycles. The van der Waals surface area contributed by atoms with Gasteiger partial charge in [0.15, 0.2) is 5.96 Å². The summed E-state index contributed by atoms with van der Waals surface area (Å²) in [4.78, 5) is 15.9. The van der Waals surface area contributed by atoms with Crippen molar-refractivity contribution in [1.29, 1.82) is 0 Å². The molecule has 0 unspecified atom stereocenters. The maximum atomic E-state index is 11.6. The molecule has 0 bridgehead atoms. The average molecular weight is 330 g/mol. The van der Waals surface area contributed by atoms with Gasteiger partial charge >= 0.3 is 0 Å². The Hall–Kier alpha value is -2.04. The summed E-state index contributed by atoms with van der Waals surface area (Å²) >= 11 is 0. The number of carbonyl (C=O) groups excluding carboxylic acids is 1. The van der Waals surface area contributed by atoms with Crippen LogP contribution in [0.15, 0.2) is 35.3 Å². The quantitative estimate of drug-likeness (QED) is 0.389. The first kappa shape index (κ1) is 18.3. The Morgan fingerprint density at radius 3 is 2.54 bits per heavy atom. The average Bonchev–Trinajstić information content (AvgIpc) is 3.39. The minimum absolute atomic E-state index is 0.0169. The molecule has 0 atom stereocenters. The van der Waals surface area contributed by atoms with Gasteiger partial charge in [0, 0.05) is 38.0 Å². The SMILES string of the molecule is CN=C(NCCCC(=O)NC1CC1)NCC(C)(C)c1ccccc1. The number of nitrogens with zero attached hydrogens (tertiary/aromatic N) is 1. The fraction of sp³-hybridized carbons (Fsp3) is 0.579. The Balaban J connectivity index is 1.67.